The predicted molar refractivity (Wildman–Crippen MR) is 112 cm³/mol. The van der Waals surface area contributed by atoms with Crippen LogP contribution in [0.25, 0.3) is 6.08 Å². The zero-order valence-electron chi connectivity index (χ0n) is 17.0. The summed E-state index contributed by atoms with van der Waals surface area (Å²) in [5.74, 6) is -2.32. The van der Waals surface area contributed by atoms with Crippen molar-refractivity contribution in [2.45, 2.75) is 32.9 Å². The normalized spacial score (nSPS) is 17.1. The molecule has 31 heavy (non-hydrogen) atoms. The van der Waals surface area contributed by atoms with E-state index in [9.17, 15) is 27.9 Å². The molecule has 0 fully saturated rings. The molecule has 5 nitrogen and oxygen atoms in total. The number of halogens is 3. The Labute approximate surface area is 177 Å². The average molecular weight is 430 g/mol. The van der Waals surface area contributed by atoms with Crippen molar-refractivity contribution in [3.8, 4) is 0 Å². The maximum absolute atomic E-state index is 13.0. The largest absolute Gasteiger partial charge is 0.478 e. The molecule has 2 aromatic carbocycles. The van der Waals surface area contributed by atoms with Crippen LogP contribution in [0.1, 0.15) is 36.5 Å². The van der Waals surface area contributed by atoms with E-state index in [1.165, 1.54) is 23.2 Å². The minimum atomic E-state index is -4.47. The van der Waals surface area contributed by atoms with Gasteiger partial charge in [0.25, 0.3) is 5.91 Å². The monoisotopic (exact) mass is 430 g/mol. The van der Waals surface area contributed by atoms with Crippen LogP contribution in [0.2, 0.25) is 0 Å². The first-order chi connectivity index (χ1) is 14.6. The molecule has 0 aliphatic carbocycles. The van der Waals surface area contributed by atoms with E-state index in [4.69, 9.17) is 0 Å². The molecule has 0 radical (unpaired) electrons. The van der Waals surface area contributed by atoms with E-state index in [2.05, 4.69) is 5.10 Å². The van der Waals surface area contributed by atoms with E-state index < -0.39 is 23.6 Å². The molecule has 3 rings (SSSR count). The van der Waals surface area contributed by atoms with Crippen molar-refractivity contribution in [3.63, 3.8) is 0 Å². The number of hydrogen-bond donors (Lipinski definition) is 1. The number of alkyl halides is 3. The van der Waals surface area contributed by atoms with Crippen molar-refractivity contribution in [1.29, 1.82) is 0 Å². The first-order valence-corrected chi connectivity index (χ1v) is 9.69. The van der Waals surface area contributed by atoms with Gasteiger partial charge < -0.3 is 5.11 Å². The number of hydrogen-bond acceptors (Lipinski definition) is 3. The Morgan fingerprint density at radius 3 is 2.26 bits per heavy atom. The molecule has 2 aromatic rings. The van der Waals surface area contributed by atoms with Crippen LogP contribution in [0.15, 0.2) is 59.2 Å². The Balaban J connectivity index is 1.86. The number of carboxylic acid groups (broad SMARTS) is 1. The van der Waals surface area contributed by atoms with E-state index in [-0.39, 0.29) is 17.9 Å². The molecule has 1 aliphatic heterocycles. The first kappa shape index (κ1) is 22.3. The maximum Gasteiger partial charge on any atom is 0.416 e. The van der Waals surface area contributed by atoms with Crippen molar-refractivity contribution in [1.82, 2.24) is 0 Å². The second kappa shape index (κ2) is 8.75. The van der Waals surface area contributed by atoms with Crippen LogP contribution in [0.4, 0.5) is 18.9 Å². The van der Waals surface area contributed by atoms with Crippen molar-refractivity contribution < 1.29 is 27.9 Å². The van der Waals surface area contributed by atoms with Gasteiger partial charge in [0.2, 0.25) is 0 Å². The molecule has 1 heterocycles. The number of hydrazone groups is 1. The Morgan fingerprint density at radius 2 is 1.74 bits per heavy atom. The number of amides is 1. The lowest BCUT2D eigenvalue weighted by molar-refractivity contribution is -0.137. The van der Waals surface area contributed by atoms with E-state index in [0.29, 0.717) is 23.4 Å². The third-order valence-corrected chi connectivity index (χ3v) is 5.06. The maximum atomic E-state index is 13.0. The predicted octanol–water partition coefficient (Wildman–Crippen LogP) is 5.30. The highest BCUT2D eigenvalue weighted by Crippen LogP contribution is 2.31. The molecule has 1 amide bonds. The van der Waals surface area contributed by atoms with Gasteiger partial charge in [-0.15, -0.1) is 0 Å². The van der Waals surface area contributed by atoms with E-state index >= 15 is 0 Å². The fraction of sp³-hybridized carbons (Fsp3) is 0.261. The molecule has 1 aliphatic rings. The van der Waals surface area contributed by atoms with Crippen LogP contribution in [0, 0.1) is 12.8 Å². The standard InChI is InChI=1S/C23H21F3N2O3/c1-3-20-19(21(29)28(27-20)18-10-4-14(2)5-11-18)13-16(22(30)31)12-15-6-8-17(9-7-15)23(24,25)26/h4-12,19H,3,13H2,1-2H3,(H,30,31). The van der Waals surface area contributed by atoms with Gasteiger partial charge in [-0.05, 0) is 55.7 Å². The van der Waals surface area contributed by atoms with Gasteiger partial charge in [0.1, 0.15) is 0 Å². The summed E-state index contributed by atoms with van der Waals surface area (Å²) in [6.45, 7) is 3.75. The van der Waals surface area contributed by atoms with Gasteiger partial charge >= 0.3 is 12.1 Å². The quantitative estimate of drug-likeness (QED) is 0.632. The molecular weight excluding hydrogens is 409 g/mol. The molecule has 0 spiro atoms. The SMILES string of the molecule is CCC1=NN(c2ccc(C)cc2)C(=O)C1CC(=Cc1ccc(C(F)(F)F)cc1)C(=O)O. The number of rotatable bonds is 6. The van der Waals surface area contributed by atoms with Crippen LogP contribution >= 0.6 is 0 Å². The van der Waals surface area contributed by atoms with Gasteiger partial charge in [-0.2, -0.15) is 18.3 Å². The first-order valence-electron chi connectivity index (χ1n) is 9.69. The highest BCUT2D eigenvalue weighted by molar-refractivity contribution is 6.16. The van der Waals surface area contributed by atoms with E-state index in [1.807, 2.05) is 26.0 Å². The number of nitrogens with zero attached hydrogens (tertiary/aromatic N) is 2. The molecule has 162 valence electrons. The van der Waals surface area contributed by atoms with Gasteiger partial charge in [0.15, 0.2) is 0 Å². The van der Waals surface area contributed by atoms with Crippen LogP contribution in [0.5, 0.6) is 0 Å². The summed E-state index contributed by atoms with van der Waals surface area (Å²) in [5, 5.41) is 15.3. The lowest BCUT2D eigenvalue weighted by Crippen LogP contribution is -2.28. The van der Waals surface area contributed by atoms with Gasteiger partial charge in [0, 0.05) is 5.57 Å². The highest BCUT2D eigenvalue weighted by atomic mass is 19.4. The minimum absolute atomic E-state index is 0.0787. The molecule has 1 N–H and O–H groups in total. The Kier molecular flexibility index (Phi) is 6.29. The number of carbonyl (C=O) groups excluding carboxylic acids is 1. The van der Waals surface area contributed by atoms with Crippen molar-refractivity contribution >= 4 is 29.4 Å². The lowest BCUT2D eigenvalue weighted by atomic mass is 9.92. The summed E-state index contributed by atoms with van der Waals surface area (Å²) in [4.78, 5) is 24.8. The van der Waals surface area contributed by atoms with Gasteiger partial charge in [-0.25, -0.2) is 9.80 Å². The topological polar surface area (TPSA) is 70.0 Å². The Morgan fingerprint density at radius 1 is 1.13 bits per heavy atom. The van der Waals surface area contributed by atoms with Crippen molar-refractivity contribution in [3.05, 3.63) is 70.8 Å². The summed E-state index contributed by atoms with van der Waals surface area (Å²) in [6, 6.07) is 11.4. The van der Waals surface area contributed by atoms with Gasteiger partial charge in [-0.1, -0.05) is 36.8 Å². The fourth-order valence-corrected chi connectivity index (χ4v) is 3.33. The van der Waals surface area contributed by atoms with Gasteiger partial charge in [-0.3, -0.25) is 4.79 Å². The lowest BCUT2D eigenvalue weighted by Gasteiger charge is -2.15. The number of aryl methyl sites for hydroxylation is 1. The molecule has 0 saturated carbocycles. The second-order valence-corrected chi connectivity index (χ2v) is 7.28. The summed E-state index contributed by atoms with van der Waals surface area (Å²) in [6.07, 6.45) is -2.83. The molecule has 8 heteroatoms. The van der Waals surface area contributed by atoms with E-state index in [0.717, 1.165) is 17.7 Å². The number of aliphatic carboxylic acids is 1. The third kappa shape index (κ3) is 5.02. The van der Waals surface area contributed by atoms with Crippen molar-refractivity contribution in [2.24, 2.45) is 11.0 Å². The summed E-state index contributed by atoms with van der Waals surface area (Å²) < 4.78 is 38.2. The zero-order valence-corrected chi connectivity index (χ0v) is 17.0. The number of carboxylic acids is 1. The number of benzene rings is 2. The zero-order chi connectivity index (χ0) is 22.8. The molecule has 0 bridgehead atoms. The molecule has 0 saturated heterocycles. The van der Waals surface area contributed by atoms with Crippen LogP contribution in [0.3, 0.4) is 0 Å². The Bertz CT molecular complexity index is 1040. The third-order valence-electron chi connectivity index (χ3n) is 5.06. The minimum Gasteiger partial charge on any atom is -0.478 e. The van der Waals surface area contributed by atoms with E-state index in [1.54, 1.807) is 12.1 Å². The van der Waals surface area contributed by atoms with Crippen LogP contribution in [-0.4, -0.2) is 22.7 Å². The smallest absolute Gasteiger partial charge is 0.416 e. The van der Waals surface area contributed by atoms with Crippen molar-refractivity contribution in [2.75, 3.05) is 5.01 Å². The molecule has 1 atom stereocenters. The van der Waals surface area contributed by atoms with Gasteiger partial charge in [0.05, 0.1) is 22.9 Å². The molecule has 1 unspecified atom stereocenters. The summed E-state index contributed by atoms with van der Waals surface area (Å²) >= 11 is 0. The number of anilines is 1. The average Bonchev–Trinajstić information content (AvgIpc) is 3.03. The second-order valence-electron chi connectivity index (χ2n) is 7.28. The Hall–Kier alpha value is -3.42. The van der Waals surface area contributed by atoms with Crippen LogP contribution < -0.4 is 5.01 Å². The number of carbonyl (C=O) groups is 2. The summed E-state index contributed by atoms with van der Waals surface area (Å²) in [7, 11) is 0. The fourth-order valence-electron chi connectivity index (χ4n) is 3.33. The van der Waals surface area contributed by atoms with Crippen LogP contribution in [-0.2, 0) is 15.8 Å². The molecule has 0 aromatic heterocycles. The molecular formula is C23H21F3N2O3. The summed E-state index contributed by atoms with van der Waals surface area (Å²) in [5.41, 5.74) is 1.59. The highest BCUT2D eigenvalue weighted by Gasteiger charge is 2.37.